The molecule has 2 N–H and O–H groups in total. The van der Waals surface area contributed by atoms with Gasteiger partial charge in [-0.2, -0.15) is 0 Å². The highest BCUT2D eigenvalue weighted by Gasteiger charge is 2.37. The van der Waals surface area contributed by atoms with E-state index in [9.17, 15) is 22.4 Å². The Kier molecular flexibility index (Phi) is 6.22. The normalized spacial score (nSPS) is 13.9. The molecule has 0 aliphatic heterocycles. The predicted octanol–water partition coefficient (Wildman–Crippen LogP) is 0.269. The average Bonchev–Trinajstić information content (AvgIpc) is 2.44. The molecule has 9 heteroatoms. The Hall–Kier alpha value is -2.00. The summed E-state index contributed by atoms with van der Waals surface area (Å²) in [5, 5.41) is 2.43. The molecule has 0 saturated carbocycles. The Bertz CT molecular complexity index is 692. The third-order valence-corrected chi connectivity index (χ3v) is 3.76. The second-order valence-electron chi connectivity index (χ2n) is 5.02. The number of sulfonamides is 1. The van der Waals surface area contributed by atoms with E-state index in [2.05, 4.69) is 5.32 Å². The van der Waals surface area contributed by atoms with Gasteiger partial charge in [0.2, 0.25) is 15.9 Å². The van der Waals surface area contributed by atoms with E-state index in [0.29, 0.717) is 0 Å². The van der Waals surface area contributed by atoms with Crippen LogP contribution in [0.5, 0.6) is 0 Å². The molecule has 0 aliphatic rings. The summed E-state index contributed by atoms with van der Waals surface area (Å²) in [7, 11) is -2.38. The van der Waals surface area contributed by atoms with Gasteiger partial charge in [0, 0.05) is 25.6 Å². The third-order valence-electron chi connectivity index (χ3n) is 3.17. The summed E-state index contributed by atoms with van der Waals surface area (Å²) in [6.45, 7) is 1.28. The summed E-state index contributed by atoms with van der Waals surface area (Å²) in [4.78, 5) is 23.6. The maximum Gasteiger partial charge on any atom is 0.256 e. The van der Waals surface area contributed by atoms with Crippen molar-refractivity contribution in [1.29, 1.82) is 0 Å². The van der Waals surface area contributed by atoms with Crippen molar-refractivity contribution in [3.8, 4) is 0 Å². The van der Waals surface area contributed by atoms with Gasteiger partial charge in [-0.1, -0.05) is 18.2 Å². The van der Waals surface area contributed by atoms with Crippen molar-refractivity contribution in [3.05, 3.63) is 35.6 Å². The molecule has 128 valence electrons. The van der Waals surface area contributed by atoms with Crippen LogP contribution in [0.25, 0.3) is 0 Å². The minimum atomic E-state index is -3.64. The number of hydrogen-bond donors (Lipinski definition) is 2. The molecule has 1 aromatic carbocycles. The molecule has 0 saturated heterocycles. The second kappa shape index (κ2) is 7.51. The molecular weight excluding hydrogens is 327 g/mol. The lowest BCUT2D eigenvalue weighted by Crippen LogP contribution is -2.45. The zero-order valence-corrected chi connectivity index (χ0v) is 13.9. The van der Waals surface area contributed by atoms with Crippen LogP contribution in [-0.2, 0) is 30.0 Å². The van der Waals surface area contributed by atoms with E-state index >= 15 is 0 Å². The van der Waals surface area contributed by atoms with Gasteiger partial charge in [0.15, 0.2) is 5.60 Å². The number of carbonyl (C=O) groups is 2. The van der Waals surface area contributed by atoms with Gasteiger partial charge in [0.25, 0.3) is 5.91 Å². The van der Waals surface area contributed by atoms with E-state index in [1.165, 1.54) is 32.2 Å². The molecule has 0 aliphatic carbocycles. The van der Waals surface area contributed by atoms with Gasteiger partial charge >= 0.3 is 0 Å². The van der Waals surface area contributed by atoms with Gasteiger partial charge in [-0.15, -0.1) is 0 Å². The van der Waals surface area contributed by atoms with Crippen LogP contribution in [0.2, 0.25) is 0 Å². The number of methoxy groups -OCH3 is 1. The SMILES string of the molecule is CO[C@@](C)(C(=O)NCCC(=O)NS(C)(=O)=O)c1ccccc1F. The Labute approximate surface area is 134 Å². The molecule has 1 atom stereocenters. The number of hydrogen-bond acceptors (Lipinski definition) is 5. The molecular formula is C14H19FN2O5S. The van der Waals surface area contributed by atoms with Crippen molar-refractivity contribution in [3.63, 3.8) is 0 Å². The number of benzene rings is 1. The highest BCUT2D eigenvalue weighted by molar-refractivity contribution is 7.89. The van der Waals surface area contributed by atoms with Crippen LogP contribution < -0.4 is 10.0 Å². The summed E-state index contributed by atoms with van der Waals surface area (Å²) >= 11 is 0. The lowest BCUT2D eigenvalue weighted by atomic mass is 9.94. The van der Waals surface area contributed by atoms with E-state index in [1.807, 2.05) is 0 Å². The first-order valence-corrected chi connectivity index (χ1v) is 8.58. The summed E-state index contributed by atoms with van der Waals surface area (Å²) in [5.41, 5.74) is -1.51. The molecule has 2 amide bonds. The minimum Gasteiger partial charge on any atom is -0.364 e. The van der Waals surface area contributed by atoms with Gasteiger partial charge in [-0.05, 0) is 13.0 Å². The Morgan fingerprint density at radius 3 is 2.43 bits per heavy atom. The largest absolute Gasteiger partial charge is 0.364 e. The summed E-state index contributed by atoms with van der Waals surface area (Å²) in [6.07, 6.45) is 0.611. The highest BCUT2D eigenvalue weighted by atomic mass is 32.2. The van der Waals surface area contributed by atoms with Crippen LogP contribution in [0.1, 0.15) is 18.9 Å². The zero-order chi connectivity index (χ0) is 17.7. The fourth-order valence-electron chi connectivity index (χ4n) is 1.89. The number of rotatable bonds is 7. The van der Waals surface area contributed by atoms with Crippen LogP contribution in [0.3, 0.4) is 0 Å². The molecule has 0 spiro atoms. The Morgan fingerprint density at radius 1 is 1.30 bits per heavy atom. The molecule has 0 unspecified atom stereocenters. The first-order chi connectivity index (χ1) is 10.6. The highest BCUT2D eigenvalue weighted by Crippen LogP contribution is 2.27. The second-order valence-corrected chi connectivity index (χ2v) is 6.77. The van der Waals surface area contributed by atoms with Crippen molar-refractivity contribution < 1.29 is 27.1 Å². The Morgan fingerprint density at radius 2 is 1.91 bits per heavy atom. The number of halogens is 1. The first kappa shape index (κ1) is 19.0. The van der Waals surface area contributed by atoms with Crippen molar-refractivity contribution >= 4 is 21.8 Å². The number of carbonyl (C=O) groups excluding carboxylic acids is 2. The van der Waals surface area contributed by atoms with Crippen molar-refractivity contribution in [2.75, 3.05) is 19.9 Å². The van der Waals surface area contributed by atoms with E-state index in [4.69, 9.17) is 4.74 Å². The van der Waals surface area contributed by atoms with Crippen LogP contribution in [0.4, 0.5) is 4.39 Å². The first-order valence-electron chi connectivity index (χ1n) is 6.69. The average molecular weight is 346 g/mol. The van der Waals surface area contributed by atoms with E-state index in [-0.39, 0.29) is 18.5 Å². The van der Waals surface area contributed by atoms with Crippen molar-refractivity contribution in [2.45, 2.75) is 18.9 Å². The van der Waals surface area contributed by atoms with Crippen LogP contribution in [0, 0.1) is 5.82 Å². The maximum atomic E-state index is 13.9. The van der Waals surface area contributed by atoms with E-state index < -0.39 is 33.3 Å². The van der Waals surface area contributed by atoms with Gasteiger partial charge in [-0.25, -0.2) is 12.8 Å². The van der Waals surface area contributed by atoms with Gasteiger partial charge < -0.3 is 10.1 Å². The summed E-state index contributed by atoms with van der Waals surface area (Å²) < 4.78 is 42.6. The molecule has 0 heterocycles. The third kappa shape index (κ3) is 5.29. The smallest absolute Gasteiger partial charge is 0.256 e. The van der Waals surface area contributed by atoms with Crippen LogP contribution in [0.15, 0.2) is 24.3 Å². The molecule has 0 radical (unpaired) electrons. The summed E-state index contributed by atoms with van der Waals surface area (Å²) in [6, 6.07) is 5.69. The number of amides is 2. The maximum absolute atomic E-state index is 13.9. The molecule has 0 bridgehead atoms. The molecule has 1 rings (SSSR count). The van der Waals surface area contributed by atoms with Crippen molar-refractivity contribution in [2.24, 2.45) is 0 Å². The van der Waals surface area contributed by atoms with Gasteiger partial charge in [-0.3, -0.25) is 14.3 Å². The number of ether oxygens (including phenoxy) is 1. The fraction of sp³-hybridized carbons (Fsp3) is 0.429. The van der Waals surface area contributed by atoms with E-state index in [1.54, 1.807) is 10.8 Å². The minimum absolute atomic E-state index is 0.0561. The fourth-order valence-corrected chi connectivity index (χ4v) is 2.40. The summed E-state index contributed by atoms with van der Waals surface area (Å²) in [5.74, 6) is -1.99. The predicted molar refractivity (Wildman–Crippen MR) is 81.4 cm³/mol. The van der Waals surface area contributed by atoms with Crippen LogP contribution in [-0.4, -0.2) is 40.1 Å². The van der Waals surface area contributed by atoms with Gasteiger partial charge in [0.05, 0.1) is 6.26 Å². The monoisotopic (exact) mass is 346 g/mol. The van der Waals surface area contributed by atoms with Crippen molar-refractivity contribution in [1.82, 2.24) is 10.0 Å². The van der Waals surface area contributed by atoms with Crippen LogP contribution >= 0.6 is 0 Å². The molecule has 0 aromatic heterocycles. The molecule has 23 heavy (non-hydrogen) atoms. The molecule has 1 aromatic rings. The Balaban J connectivity index is 2.72. The standard InChI is InChI=1S/C14H19FN2O5S/c1-14(22-2,10-6-4-5-7-11(10)15)13(19)16-9-8-12(18)17-23(3,20)21/h4-7H,8-9H2,1-3H3,(H,16,19)(H,17,18)/t14-/m1/s1. The lowest BCUT2D eigenvalue weighted by Gasteiger charge is -2.27. The number of nitrogens with one attached hydrogen (secondary N) is 2. The van der Waals surface area contributed by atoms with Gasteiger partial charge in [0.1, 0.15) is 5.82 Å². The quantitative estimate of drug-likeness (QED) is 0.738. The topological polar surface area (TPSA) is 102 Å². The molecule has 7 nitrogen and oxygen atoms in total. The van der Waals surface area contributed by atoms with E-state index in [0.717, 1.165) is 6.26 Å². The molecule has 0 fully saturated rings. The lowest BCUT2D eigenvalue weighted by molar-refractivity contribution is -0.143. The zero-order valence-electron chi connectivity index (χ0n) is 13.1.